The Labute approximate surface area is 146 Å². The topological polar surface area (TPSA) is 111 Å². The third kappa shape index (κ3) is 4.47. The van der Waals surface area contributed by atoms with Crippen LogP contribution in [0.1, 0.15) is 16.1 Å². The summed E-state index contributed by atoms with van der Waals surface area (Å²) in [6.07, 6.45) is 1.07. The van der Waals surface area contributed by atoms with E-state index in [-0.39, 0.29) is 27.9 Å². The van der Waals surface area contributed by atoms with Crippen molar-refractivity contribution in [1.82, 2.24) is 4.31 Å². The number of nitrogens with zero attached hydrogens (tertiary/aromatic N) is 1. The lowest BCUT2D eigenvalue weighted by Gasteiger charge is -2.08. The Bertz CT molecular complexity index is 971. The van der Waals surface area contributed by atoms with Gasteiger partial charge in [0.15, 0.2) is 9.84 Å². The number of hydrogen-bond acceptors (Lipinski definition) is 7. The highest BCUT2D eigenvalue weighted by atomic mass is 32.2. The Morgan fingerprint density at radius 3 is 2.16 bits per heavy atom. The summed E-state index contributed by atoms with van der Waals surface area (Å²) in [5.74, 6) is -0.519. The average molecular weight is 387 g/mol. The maximum Gasteiger partial charge on any atom is 0.338 e. The summed E-state index contributed by atoms with van der Waals surface area (Å²) in [5, 5.41) is -0.249. The van der Waals surface area contributed by atoms with Gasteiger partial charge in [-0.1, -0.05) is 0 Å². The molecule has 0 saturated heterocycles. The molecule has 2 aromatic rings. The van der Waals surface area contributed by atoms with Crippen LogP contribution >= 0.6 is 0 Å². The Morgan fingerprint density at radius 1 is 1.04 bits per heavy atom. The summed E-state index contributed by atoms with van der Waals surface area (Å²) in [6, 6.07) is 7.96. The largest absolute Gasteiger partial charge is 0.454 e. The van der Waals surface area contributed by atoms with Gasteiger partial charge in [0, 0.05) is 20.4 Å². The van der Waals surface area contributed by atoms with E-state index in [0.29, 0.717) is 0 Å². The van der Waals surface area contributed by atoms with Crippen LogP contribution in [0.5, 0.6) is 0 Å². The molecule has 1 heterocycles. The highest BCUT2D eigenvalue weighted by Gasteiger charge is 2.22. The normalized spacial score (nSPS) is 12.3. The molecule has 25 heavy (non-hydrogen) atoms. The van der Waals surface area contributed by atoms with Crippen LogP contribution in [0.25, 0.3) is 0 Å². The smallest absolute Gasteiger partial charge is 0.338 e. The second kappa shape index (κ2) is 6.98. The molecule has 0 fully saturated rings. The van der Waals surface area contributed by atoms with E-state index in [0.717, 1.165) is 10.6 Å². The van der Waals surface area contributed by atoms with E-state index >= 15 is 0 Å². The van der Waals surface area contributed by atoms with Crippen LogP contribution in [-0.4, -0.2) is 47.5 Å². The summed E-state index contributed by atoms with van der Waals surface area (Å²) < 4.78 is 57.8. The Hall–Kier alpha value is -2.17. The van der Waals surface area contributed by atoms with Crippen LogP contribution < -0.4 is 0 Å². The first-order valence-corrected chi connectivity index (χ1v) is 10.3. The minimum atomic E-state index is -3.70. The van der Waals surface area contributed by atoms with Gasteiger partial charge < -0.3 is 9.15 Å². The number of sulfone groups is 1. The zero-order valence-corrected chi connectivity index (χ0v) is 15.4. The molecular weight excluding hydrogens is 370 g/mol. The molecule has 0 atom stereocenters. The molecule has 136 valence electrons. The van der Waals surface area contributed by atoms with Crippen molar-refractivity contribution in [3.8, 4) is 0 Å². The molecule has 8 nitrogen and oxygen atoms in total. The molecule has 0 N–H and O–H groups in total. The van der Waals surface area contributed by atoms with E-state index < -0.39 is 25.8 Å². The summed E-state index contributed by atoms with van der Waals surface area (Å²) >= 11 is 0. The fourth-order valence-corrected chi connectivity index (χ4v) is 3.26. The molecule has 0 aliphatic carbocycles. The fraction of sp³-hybridized carbons (Fsp3) is 0.267. The number of carbonyl (C=O) groups is 1. The van der Waals surface area contributed by atoms with Crippen molar-refractivity contribution in [1.29, 1.82) is 0 Å². The standard InChI is InChI=1S/C15H17NO7S2/c1-16(2)25(20,21)14-9-6-12(23-14)10-22-15(17)11-4-7-13(8-5-11)24(3,18)19/h4-9H,10H2,1-3H3. The van der Waals surface area contributed by atoms with Crippen molar-refractivity contribution in [3.05, 3.63) is 47.7 Å². The van der Waals surface area contributed by atoms with Crippen LogP contribution in [0.3, 0.4) is 0 Å². The lowest BCUT2D eigenvalue weighted by atomic mass is 10.2. The highest BCUT2D eigenvalue weighted by Crippen LogP contribution is 2.18. The molecule has 1 aromatic heterocycles. The van der Waals surface area contributed by atoms with Gasteiger partial charge in [0.1, 0.15) is 12.4 Å². The van der Waals surface area contributed by atoms with Gasteiger partial charge in [0.05, 0.1) is 10.5 Å². The molecule has 0 unspecified atom stereocenters. The molecular formula is C15H17NO7S2. The van der Waals surface area contributed by atoms with Crippen molar-refractivity contribution in [2.24, 2.45) is 0 Å². The molecule has 10 heteroatoms. The summed E-state index contributed by atoms with van der Waals surface area (Å²) in [4.78, 5) is 12.0. The Kier molecular flexibility index (Phi) is 5.35. The van der Waals surface area contributed by atoms with Gasteiger partial charge in [0.2, 0.25) is 5.09 Å². The van der Waals surface area contributed by atoms with Gasteiger partial charge in [-0.05, 0) is 36.4 Å². The van der Waals surface area contributed by atoms with Crippen LogP contribution in [0, 0.1) is 0 Å². The molecule has 0 radical (unpaired) electrons. The predicted molar refractivity (Wildman–Crippen MR) is 88.3 cm³/mol. The molecule has 1 aromatic carbocycles. The molecule has 0 aliphatic heterocycles. The zero-order chi connectivity index (χ0) is 18.8. The maximum atomic E-state index is 12.0. The summed E-state index contributed by atoms with van der Waals surface area (Å²) in [6.45, 7) is -0.254. The van der Waals surface area contributed by atoms with Crippen molar-refractivity contribution < 1.29 is 30.8 Å². The minimum absolute atomic E-state index is 0.0913. The molecule has 0 saturated carbocycles. The quantitative estimate of drug-likeness (QED) is 0.687. The number of furan rings is 1. The van der Waals surface area contributed by atoms with E-state index in [1.807, 2.05) is 0 Å². The highest BCUT2D eigenvalue weighted by molar-refractivity contribution is 7.90. The third-order valence-electron chi connectivity index (χ3n) is 3.24. The Morgan fingerprint density at radius 2 is 1.64 bits per heavy atom. The number of sulfonamides is 1. The van der Waals surface area contributed by atoms with E-state index in [2.05, 4.69) is 0 Å². The van der Waals surface area contributed by atoms with Gasteiger partial charge in [-0.2, -0.15) is 0 Å². The van der Waals surface area contributed by atoms with Gasteiger partial charge in [0.25, 0.3) is 10.0 Å². The number of hydrogen-bond donors (Lipinski definition) is 0. The number of esters is 1. The van der Waals surface area contributed by atoms with Crippen molar-refractivity contribution >= 4 is 25.8 Å². The molecule has 0 spiro atoms. The first kappa shape index (κ1) is 19.2. The van der Waals surface area contributed by atoms with Crippen LogP contribution in [-0.2, 0) is 31.2 Å². The fourth-order valence-electron chi connectivity index (χ4n) is 1.81. The SMILES string of the molecule is CN(C)S(=O)(=O)c1ccc(COC(=O)c2ccc(S(C)(=O)=O)cc2)o1. The predicted octanol–water partition coefficient (Wildman–Crippen LogP) is 1.29. The first-order valence-electron chi connectivity index (χ1n) is 7.00. The number of benzene rings is 1. The molecule has 0 amide bonds. The second-order valence-electron chi connectivity index (χ2n) is 5.38. The van der Waals surface area contributed by atoms with E-state index in [1.54, 1.807) is 0 Å². The molecule has 0 bridgehead atoms. The monoisotopic (exact) mass is 387 g/mol. The van der Waals surface area contributed by atoms with Gasteiger partial charge in [-0.3, -0.25) is 0 Å². The van der Waals surface area contributed by atoms with Gasteiger partial charge in [-0.25, -0.2) is 25.9 Å². The van der Waals surface area contributed by atoms with Gasteiger partial charge in [-0.15, -0.1) is 0 Å². The summed E-state index contributed by atoms with van der Waals surface area (Å²) in [5.41, 5.74) is 0.167. The summed E-state index contributed by atoms with van der Waals surface area (Å²) in [7, 11) is -4.30. The van der Waals surface area contributed by atoms with Crippen LogP contribution in [0.2, 0.25) is 0 Å². The molecule has 0 aliphatic rings. The number of rotatable bonds is 6. The van der Waals surface area contributed by atoms with Crippen molar-refractivity contribution in [2.45, 2.75) is 16.6 Å². The Balaban J connectivity index is 2.05. The molecule has 2 rings (SSSR count). The lowest BCUT2D eigenvalue weighted by Crippen LogP contribution is -2.21. The first-order chi connectivity index (χ1) is 11.5. The number of carbonyl (C=O) groups excluding carboxylic acids is 1. The van der Waals surface area contributed by atoms with Crippen LogP contribution in [0.15, 0.2) is 50.8 Å². The number of ether oxygens (including phenoxy) is 1. The van der Waals surface area contributed by atoms with Crippen molar-refractivity contribution in [3.63, 3.8) is 0 Å². The maximum absolute atomic E-state index is 12.0. The zero-order valence-electron chi connectivity index (χ0n) is 13.8. The second-order valence-corrected chi connectivity index (χ2v) is 9.48. The minimum Gasteiger partial charge on any atom is -0.454 e. The van der Waals surface area contributed by atoms with Crippen LogP contribution in [0.4, 0.5) is 0 Å². The van der Waals surface area contributed by atoms with E-state index in [1.165, 1.54) is 50.5 Å². The van der Waals surface area contributed by atoms with Crippen molar-refractivity contribution in [2.75, 3.05) is 20.4 Å². The van der Waals surface area contributed by atoms with Gasteiger partial charge >= 0.3 is 5.97 Å². The third-order valence-corrected chi connectivity index (χ3v) is 6.05. The van der Waals surface area contributed by atoms with E-state index in [9.17, 15) is 21.6 Å². The lowest BCUT2D eigenvalue weighted by molar-refractivity contribution is 0.0440. The average Bonchev–Trinajstić information content (AvgIpc) is 3.01. The van der Waals surface area contributed by atoms with E-state index in [4.69, 9.17) is 9.15 Å².